The molecule has 0 aliphatic heterocycles. The number of amides is 1. The highest BCUT2D eigenvalue weighted by Crippen LogP contribution is 2.13. The molecule has 1 heterocycles. The van der Waals surface area contributed by atoms with Gasteiger partial charge in [0.15, 0.2) is 0 Å². The van der Waals surface area contributed by atoms with Crippen LogP contribution >= 0.6 is 0 Å². The molecular formula is C13H20N2O2. The summed E-state index contributed by atoms with van der Waals surface area (Å²) >= 11 is 0. The number of methoxy groups -OCH3 is 1. The Morgan fingerprint density at radius 1 is 1.47 bits per heavy atom. The summed E-state index contributed by atoms with van der Waals surface area (Å²) in [5.41, 5.74) is 0.487. The molecule has 4 nitrogen and oxygen atoms in total. The summed E-state index contributed by atoms with van der Waals surface area (Å²) in [5.74, 6) is 0.776. The first kappa shape index (κ1) is 13.5. The van der Waals surface area contributed by atoms with Crippen LogP contribution in [0.2, 0.25) is 0 Å². The molecule has 94 valence electrons. The van der Waals surface area contributed by atoms with E-state index in [-0.39, 0.29) is 5.91 Å². The highest BCUT2D eigenvalue weighted by molar-refractivity contribution is 5.96. The first-order valence-corrected chi connectivity index (χ1v) is 6.00. The lowest BCUT2D eigenvalue weighted by molar-refractivity contribution is 0.0942. The predicted octanol–water partition coefficient (Wildman–Crippen LogP) is 2.26. The lowest BCUT2D eigenvalue weighted by Gasteiger charge is -2.13. The molecule has 1 amide bonds. The number of aromatic nitrogens is 1. The number of carbonyl (C=O) groups excluding carboxylic acids is 1. The quantitative estimate of drug-likeness (QED) is 0.824. The Bertz CT molecular complexity index is 362. The molecule has 0 spiro atoms. The van der Waals surface area contributed by atoms with Gasteiger partial charge in [0.1, 0.15) is 5.56 Å². The third-order valence-electron chi connectivity index (χ3n) is 2.92. The Morgan fingerprint density at radius 3 is 2.76 bits per heavy atom. The van der Waals surface area contributed by atoms with Crippen molar-refractivity contribution in [3.8, 4) is 5.88 Å². The van der Waals surface area contributed by atoms with E-state index in [9.17, 15) is 4.79 Å². The first-order valence-electron chi connectivity index (χ1n) is 6.00. The van der Waals surface area contributed by atoms with Crippen molar-refractivity contribution in [2.45, 2.75) is 26.7 Å². The Labute approximate surface area is 102 Å². The summed E-state index contributed by atoms with van der Waals surface area (Å²) in [6, 6.07) is 3.45. The minimum absolute atomic E-state index is 0.123. The molecule has 0 aromatic carbocycles. The van der Waals surface area contributed by atoms with Crippen LogP contribution in [0.3, 0.4) is 0 Å². The van der Waals surface area contributed by atoms with Crippen molar-refractivity contribution >= 4 is 5.91 Å². The van der Waals surface area contributed by atoms with Crippen LogP contribution in [0.15, 0.2) is 18.3 Å². The number of nitrogens with zero attached hydrogens (tertiary/aromatic N) is 1. The molecule has 4 heteroatoms. The molecule has 0 unspecified atom stereocenters. The van der Waals surface area contributed by atoms with E-state index in [1.165, 1.54) is 7.11 Å². The summed E-state index contributed by atoms with van der Waals surface area (Å²) in [4.78, 5) is 15.9. The van der Waals surface area contributed by atoms with Crippen molar-refractivity contribution in [3.05, 3.63) is 23.9 Å². The van der Waals surface area contributed by atoms with Crippen LogP contribution in [-0.4, -0.2) is 24.5 Å². The Morgan fingerprint density at radius 2 is 2.18 bits per heavy atom. The van der Waals surface area contributed by atoms with Crippen molar-refractivity contribution < 1.29 is 9.53 Å². The fourth-order valence-corrected chi connectivity index (χ4v) is 1.64. The Hall–Kier alpha value is -1.58. The van der Waals surface area contributed by atoms with Crippen molar-refractivity contribution in [2.24, 2.45) is 5.92 Å². The van der Waals surface area contributed by atoms with Crippen LogP contribution in [0, 0.1) is 5.92 Å². The molecule has 1 N–H and O–H groups in total. The van der Waals surface area contributed by atoms with Gasteiger partial charge in [0.05, 0.1) is 7.11 Å². The van der Waals surface area contributed by atoms with Crippen LogP contribution < -0.4 is 10.1 Å². The number of ether oxygens (including phenoxy) is 1. The van der Waals surface area contributed by atoms with Crippen LogP contribution in [0.25, 0.3) is 0 Å². The fraction of sp³-hybridized carbons (Fsp3) is 0.538. The van der Waals surface area contributed by atoms with E-state index in [1.807, 2.05) is 0 Å². The second kappa shape index (κ2) is 6.89. The Kier molecular flexibility index (Phi) is 5.46. The smallest absolute Gasteiger partial charge is 0.256 e. The minimum Gasteiger partial charge on any atom is -0.480 e. The SMILES string of the molecule is CCC(CC)CNC(=O)c1cccnc1OC. The molecule has 1 aromatic rings. The third-order valence-corrected chi connectivity index (χ3v) is 2.92. The first-order chi connectivity index (χ1) is 8.22. The Balaban J connectivity index is 2.63. The largest absolute Gasteiger partial charge is 0.480 e. The zero-order valence-corrected chi connectivity index (χ0v) is 10.7. The molecular weight excluding hydrogens is 216 g/mol. The maximum absolute atomic E-state index is 11.9. The summed E-state index contributed by atoms with van der Waals surface area (Å²) in [6.45, 7) is 4.96. The van der Waals surface area contributed by atoms with Gasteiger partial charge < -0.3 is 10.1 Å². The normalized spacial score (nSPS) is 10.4. The van der Waals surface area contributed by atoms with Crippen LogP contribution in [0.4, 0.5) is 0 Å². The van der Waals surface area contributed by atoms with E-state index >= 15 is 0 Å². The molecule has 0 fully saturated rings. The van der Waals surface area contributed by atoms with Gasteiger partial charge in [-0.1, -0.05) is 26.7 Å². The van der Waals surface area contributed by atoms with Gasteiger partial charge in [-0.15, -0.1) is 0 Å². The number of hydrogen-bond acceptors (Lipinski definition) is 3. The number of nitrogens with one attached hydrogen (secondary N) is 1. The number of pyridine rings is 1. The third kappa shape index (κ3) is 3.73. The van der Waals surface area contributed by atoms with Gasteiger partial charge in [-0.05, 0) is 18.1 Å². The van der Waals surface area contributed by atoms with E-state index < -0.39 is 0 Å². The molecule has 1 rings (SSSR count). The lowest BCUT2D eigenvalue weighted by atomic mass is 10.0. The fourth-order valence-electron chi connectivity index (χ4n) is 1.64. The van der Waals surface area contributed by atoms with Crippen molar-refractivity contribution in [1.29, 1.82) is 0 Å². The van der Waals surface area contributed by atoms with Crippen LogP contribution in [0.5, 0.6) is 5.88 Å². The van der Waals surface area contributed by atoms with E-state index in [4.69, 9.17) is 4.74 Å². The highest BCUT2D eigenvalue weighted by Gasteiger charge is 2.13. The molecule has 0 aliphatic carbocycles. The predicted molar refractivity (Wildman–Crippen MR) is 67.2 cm³/mol. The van der Waals surface area contributed by atoms with E-state index in [0.717, 1.165) is 12.8 Å². The summed E-state index contributed by atoms with van der Waals surface area (Å²) in [7, 11) is 1.51. The van der Waals surface area contributed by atoms with Crippen LogP contribution in [0.1, 0.15) is 37.0 Å². The molecule has 17 heavy (non-hydrogen) atoms. The molecule has 0 aliphatic rings. The van der Waals surface area contributed by atoms with E-state index in [0.29, 0.717) is 23.9 Å². The van der Waals surface area contributed by atoms with Crippen LogP contribution in [-0.2, 0) is 0 Å². The summed E-state index contributed by atoms with van der Waals surface area (Å²) in [5, 5.41) is 2.92. The van der Waals surface area contributed by atoms with E-state index in [1.54, 1.807) is 18.3 Å². The molecule has 1 aromatic heterocycles. The highest BCUT2D eigenvalue weighted by atomic mass is 16.5. The standard InChI is InChI=1S/C13H20N2O2/c1-4-10(5-2)9-15-12(16)11-7-6-8-14-13(11)17-3/h6-8,10H,4-5,9H2,1-3H3,(H,15,16). The van der Waals surface area contributed by atoms with Gasteiger partial charge in [0, 0.05) is 12.7 Å². The monoisotopic (exact) mass is 236 g/mol. The average Bonchev–Trinajstić information content (AvgIpc) is 2.39. The van der Waals surface area contributed by atoms with Gasteiger partial charge in [-0.3, -0.25) is 4.79 Å². The number of rotatable bonds is 6. The van der Waals surface area contributed by atoms with Gasteiger partial charge in [-0.25, -0.2) is 4.98 Å². The summed E-state index contributed by atoms with van der Waals surface area (Å²) < 4.78 is 5.05. The zero-order valence-electron chi connectivity index (χ0n) is 10.7. The van der Waals surface area contributed by atoms with Gasteiger partial charge >= 0.3 is 0 Å². The second-order valence-electron chi connectivity index (χ2n) is 3.95. The van der Waals surface area contributed by atoms with E-state index in [2.05, 4.69) is 24.1 Å². The van der Waals surface area contributed by atoms with Gasteiger partial charge in [0.25, 0.3) is 5.91 Å². The topological polar surface area (TPSA) is 51.2 Å². The van der Waals surface area contributed by atoms with Crippen molar-refractivity contribution in [3.63, 3.8) is 0 Å². The maximum atomic E-state index is 11.9. The van der Waals surface area contributed by atoms with Gasteiger partial charge in [0.2, 0.25) is 5.88 Å². The average molecular weight is 236 g/mol. The second-order valence-corrected chi connectivity index (χ2v) is 3.95. The molecule has 0 atom stereocenters. The molecule has 0 saturated carbocycles. The van der Waals surface area contributed by atoms with Crippen molar-refractivity contribution in [1.82, 2.24) is 10.3 Å². The lowest BCUT2D eigenvalue weighted by Crippen LogP contribution is -2.29. The molecule has 0 saturated heterocycles. The summed E-state index contributed by atoms with van der Waals surface area (Å²) in [6.07, 6.45) is 3.75. The molecule has 0 bridgehead atoms. The minimum atomic E-state index is -0.123. The zero-order chi connectivity index (χ0) is 12.7. The molecule has 0 radical (unpaired) electrons. The maximum Gasteiger partial charge on any atom is 0.256 e. The van der Waals surface area contributed by atoms with Crippen molar-refractivity contribution in [2.75, 3.05) is 13.7 Å². The number of carbonyl (C=O) groups is 1. The van der Waals surface area contributed by atoms with Gasteiger partial charge in [-0.2, -0.15) is 0 Å². The number of hydrogen-bond donors (Lipinski definition) is 1.